The van der Waals surface area contributed by atoms with Crippen molar-refractivity contribution in [3.05, 3.63) is 27.8 Å². The van der Waals surface area contributed by atoms with Crippen LogP contribution < -0.4 is 10.2 Å². The first-order chi connectivity index (χ1) is 10.2. The maximum Gasteiger partial charge on any atom is 0.433 e. The molecule has 0 radical (unpaired) electrons. The number of alkyl halides is 3. The molecule has 0 saturated heterocycles. The Morgan fingerprint density at radius 3 is 2.45 bits per heavy atom. The number of thiazole rings is 1. The summed E-state index contributed by atoms with van der Waals surface area (Å²) in [7, 11) is 3.25. The number of aromatic nitrogens is 3. The zero-order chi connectivity index (χ0) is 16.5. The molecular weight excluding hydrogens is 315 g/mol. The van der Waals surface area contributed by atoms with Crippen molar-refractivity contribution in [2.75, 3.05) is 24.3 Å². The molecule has 120 valence electrons. The lowest BCUT2D eigenvalue weighted by Gasteiger charge is -2.17. The lowest BCUT2D eigenvalue weighted by atomic mass is 10.3. The first-order valence-electron chi connectivity index (χ1n) is 6.49. The summed E-state index contributed by atoms with van der Waals surface area (Å²) in [5.74, 6) is 0.117. The smallest absolute Gasteiger partial charge is 0.363 e. The molecule has 0 spiro atoms. The molecule has 0 aliphatic heterocycles. The summed E-state index contributed by atoms with van der Waals surface area (Å²) in [4.78, 5) is 14.4. The van der Waals surface area contributed by atoms with Crippen molar-refractivity contribution in [2.24, 2.45) is 0 Å². The van der Waals surface area contributed by atoms with Crippen molar-refractivity contribution in [3.8, 4) is 0 Å². The SMILES string of the molecule is Cc1cnc(C(C)Nc2nc(N(C)C)cc(C(F)(F)F)n2)s1. The van der Waals surface area contributed by atoms with Gasteiger partial charge in [0.1, 0.15) is 10.8 Å². The van der Waals surface area contributed by atoms with Crippen LogP contribution in [-0.4, -0.2) is 29.0 Å². The molecule has 2 aromatic rings. The van der Waals surface area contributed by atoms with Crippen molar-refractivity contribution in [2.45, 2.75) is 26.1 Å². The average Bonchev–Trinajstić information content (AvgIpc) is 2.84. The van der Waals surface area contributed by atoms with Gasteiger partial charge in [-0.3, -0.25) is 0 Å². The van der Waals surface area contributed by atoms with Gasteiger partial charge >= 0.3 is 6.18 Å². The largest absolute Gasteiger partial charge is 0.433 e. The molecule has 2 heterocycles. The molecule has 2 rings (SSSR count). The van der Waals surface area contributed by atoms with Crippen LogP contribution in [0.3, 0.4) is 0 Å². The van der Waals surface area contributed by atoms with E-state index in [1.807, 2.05) is 6.92 Å². The number of aryl methyl sites for hydroxylation is 1. The maximum absolute atomic E-state index is 12.9. The van der Waals surface area contributed by atoms with E-state index in [2.05, 4.69) is 20.3 Å². The van der Waals surface area contributed by atoms with Crippen LogP contribution in [0.5, 0.6) is 0 Å². The normalized spacial score (nSPS) is 13.0. The molecular formula is C13H16F3N5S. The highest BCUT2D eigenvalue weighted by Crippen LogP contribution is 2.31. The zero-order valence-corrected chi connectivity index (χ0v) is 13.4. The van der Waals surface area contributed by atoms with Crippen LogP contribution in [0.2, 0.25) is 0 Å². The molecule has 0 aromatic carbocycles. The molecule has 0 fully saturated rings. The van der Waals surface area contributed by atoms with E-state index in [4.69, 9.17) is 0 Å². The predicted molar refractivity (Wildman–Crippen MR) is 80.2 cm³/mol. The molecule has 0 bridgehead atoms. The Bertz CT molecular complexity index is 653. The van der Waals surface area contributed by atoms with Gasteiger partial charge in [-0.05, 0) is 13.8 Å². The molecule has 0 amide bonds. The van der Waals surface area contributed by atoms with Crippen LogP contribution in [-0.2, 0) is 6.18 Å². The Balaban J connectivity index is 2.31. The molecule has 1 unspecified atom stereocenters. The van der Waals surface area contributed by atoms with Gasteiger partial charge in [0.15, 0.2) is 5.69 Å². The van der Waals surface area contributed by atoms with Crippen LogP contribution in [0, 0.1) is 6.92 Å². The van der Waals surface area contributed by atoms with Crippen LogP contribution in [0.15, 0.2) is 12.3 Å². The highest BCUT2D eigenvalue weighted by molar-refractivity contribution is 7.11. The van der Waals surface area contributed by atoms with Gasteiger partial charge in [0.25, 0.3) is 0 Å². The van der Waals surface area contributed by atoms with Gasteiger partial charge < -0.3 is 10.2 Å². The number of nitrogens with one attached hydrogen (secondary N) is 1. The van der Waals surface area contributed by atoms with Crippen molar-refractivity contribution in [3.63, 3.8) is 0 Å². The average molecular weight is 331 g/mol. The van der Waals surface area contributed by atoms with Crippen LogP contribution in [0.4, 0.5) is 24.9 Å². The summed E-state index contributed by atoms with van der Waals surface area (Å²) in [6, 6.07) is 0.640. The van der Waals surface area contributed by atoms with Gasteiger partial charge in [-0.2, -0.15) is 18.2 Å². The van der Waals surface area contributed by atoms with E-state index in [1.165, 1.54) is 16.2 Å². The monoisotopic (exact) mass is 331 g/mol. The summed E-state index contributed by atoms with van der Waals surface area (Å²) in [5, 5.41) is 3.65. The number of rotatable bonds is 4. The number of anilines is 2. The third-order valence-corrected chi connectivity index (χ3v) is 3.91. The Morgan fingerprint density at radius 1 is 1.27 bits per heavy atom. The van der Waals surface area contributed by atoms with E-state index in [0.29, 0.717) is 0 Å². The predicted octanol–water partition coefficient (Wildman–Crippen LogP) is 3.50. The van der Waals surface area contributed by atoms with Crippen molar-refractivity contribution < 1.29 is 13.2 Å². The summed E-state index contributed by atoms with van der Waals surface area (Å²) < 4.78 is 38.8. The van der Waals surface area contributed by atoms with Crippen LogP contribution >= 0.6 is 11.3 Å². The highest BCUT2D eigenvalue weighted by atomic mass is 32.1. The molecule has 1 atom stereocenters. The number of hydrogen-bond acceptors (Lipinski definition) is 6. The lowest BCUT2D eigenvalue weighted by Crippen LogP contribution is -2.18. The van der Waals surface area contributed by atoms with Crippen molar-refractivity contribution in [1.29, 1.82) is 0 Å². The van der Waals surface area contributed by atoms with E-state index in [0.717, 1.165) is 16.0 Å². The minimum Gasteiger partial charge on any atom is -0.363 e. The molecule has 9 heteroatoms. The molecule has 0 aliphatic carbocycles. The second-order valence-corrected chi connectivity index (χ2v) is 6.27. The molecule has 1 N–H and O–H groups in total. The zero-order valence-electron chi connectivity index (χ0n) is 12.6. The highest BCUT2D eigenvalue weighted by Gasteiger charge is 2.34. The fraction of sp³-hybridized carbons (Fsp3) is 0.462. The fourth-order valence-electron chi connectivity index (χ4n) is 1.70. The van der Waals surface area contributed by atoms with Gasteiger partial charge in [-0.15, -0.1) is 11.3 Å². The molecule has 22 heavy (non-hydrogen) atoms. The van der Waals surface area contributed by atoms with Gasteiger partial charge in [-0.25, -0.2) is 9.97 Å². The molecule has 2 aromatic heterocycles. The number of hydrogen-bond donors (Lipinski definition) is 1. The Labute approximate surface area is 130 Å². The topological polar surface area (TPSA) is 53.9 Å². The molecule has 5 nitrogen and oxygen atoms in total. The minimum absolute atomic E-state index is 0.0705. The van der Waals surface area contributed by atoms with Gasteiger partial charge in [0.2, 0.25) is 5.95 Å². The summed E-state index contributed by atoms with van der Waals surface area (Å²) in [6.07, 6.45) is -2.80. The van der Waals surface area contributed by atoms with Crippen molar-refractivity contribution >= 4 is 23.1 Å². The van der Waals surface area contributed by atoms with Crippen molar-refractivity contribution in [1.82, 2.24) is 15.0 Å². The van der Waals surface area contributed by atoms with Crippen LogP contribution in [0.1, 0.15) is 28.5 Å². The number of halogens is 3. The first-order valence-corrected chi connectivity index (χ1v) is 7.31. The third-order valence-electron chi connectivity index (χ3n) is 2.82. The first kappa shape index (κ1) is 16.5. The summed E-state index contributed by atoms with van der Waals surface area (Å²) in [6.45, 7) is 3.72. The minimum atomic E-state index is -4.52. The quantitative estimate of drug-likeness (QED) is 0.929. The standard InChI is InChI=1S/C13H16F3N5S/c1-7-6-17-11(22-7)8(2)18-12-19-9(13(14,15)16)5-10(20-12)21(3)4/h5-6,8H,1-4H3,(H,18,19,20). The summed E-state index contributed by atoms with van der Waals surface area (Å²) in [5.41, 5.74) is -0.976. The fourth-order valence-corrected chi connectivity index (χ4v) is 2.48. The Hall–Kier alpha value is -1.90. The Morgan fingerprint density at radius 2 is 1.95 bits per heavy atom. The molecule has 0 aliphatic rings. The Kier molecular flexibility index (Phi) is 4.55. The number of nitrogens with zero attached hydrogens (tertiary/aromatic N) is 4. The van der Waals surface area contributed by atoms with Gasteiger partial charge in [0.05, 0.1) is 6.04 Å². The van der Waals surface area contributed by atoms with Gasteiger partial charge in [-0.1, -0.05) is 0 Å². The van der Waals surface area contributed by atoms with Crippen LogP contribution in [0.25, 0.3) is 0 Å². The second-order valence-electron chi connectivity index (χ2n) is 5.00. The van der Waals surface area contributed by atoms with E-state index >= 15 is 0 Å². The van der Waals surface area contributed by atoms with E-state index < -0.39 is 11.9 Å². The maximum atomic E-state index is 12.9. The second kappa shape index (κ2) is 6.07. The van der Waals surface area contributed by atoms with Gasteiger partial charge in [0, 0.05) is 31.2 Å². The lowest BCUT2D eigenvalue weighted by molar-refractivity contribution is -0.141. The molecule has 0 saturated carbocycles. The van der Waals surface area contributed by atoms with E-state index in [-0.39, 0.29) is 17.8 Å². The summed E-state index contributed by atoms with van der Waals surface area (Å²) >= 11 is 1.47. The van der Waals surface area contributed by atoms with E-state index in [9.17, 15) is 13.2 Å². The van der Waals surface area contributed by atoms with E-state index in [1.54, 1.807) is 27.2 Å². The third kappa shape index (κ3) is 3.85.